The first-order chi connectivity index (χ1) is 32.1. The maximum Gasteiger partial charge on any atom is 0.373 e. The van der Waals surface area contributed by atoms with Crippen LogP contribution in [0.3, 0.4) is 0 Å². The Morgan fingerprint density at radius 3 is 1.55 bits per heavy atom. The molecule has 0 saturated heterocycles. The molecule has 0 aliphatic carbocycles. The van der Waals surface area contributed by atoms with Gasteiger partial charge in [-0.15, -0.1) is 0 Å². The third-order valence-electron chi connectivity index (χ3n) is 10.6. The largest absolute Gasteiger partial charge is 0.461 e. The zero-order valence-electron chi connectivity index (χ0n) is 38.0. The standard InChI is InChI=1S/C51H64N2O7.2CO2/c1-2-3-4-5-6-7-20-32-48(55)52-47(37-45(54)36-44(35-41-24-14-9-15-25-41)31-21-30-40-22-12-8-13-23-40)50(57)53-46(51(58)60-39-43-28-18-11-19-29-43)33-34-49(56)59-38-42-26-16-10-17-27-42;2*2-1-3/h8-19,22-29,44,46-47H,2-7,20-21,30-39H2,1H3,(H,52,55)(H,53,57);;. The van der Waals surface area contributed by atoms with Crippen LogP contribution >= 0.6 is 0 Å². The molecule has 4 aromatic carbocycles. The summed E-state index contributed by atoms with van der Waals surface area (Å²) in [6, 6.07) is 36.3. The van der Waals surface area contributed by atoms with Gasteiger partial charge in [0.1, 0.15) is 31.1 Å². The van der Waals surface area contributed by atoms with Gasteiger partial charge in [0.25, 0.3) is 0 Å². The van der Waals surface area contributed by atoms with Crippen molar-refractivity contribution < 1.29 is 52.6 Å². The molecule has 0 bridgehead atoms. The van der Waals surface area contributed by atoms with Crippen LogP contribution in [0, 0.1) is 5.92 Å². The monoisotopic (exact) mass is 904 g/mol. The van der Waals surface area contributed by atoms with E-state index in [-0.39, 0.29) is 75.2 Å². The van der Waals surface area contributed by atoms with Gasteiger partial charge < -0.3 is 20.1 Å². The number of unbranched alkanes of at least 4 members (excludes halogenated alkanes) is 6. The van der Waals surface area contributed by atoms with Gasteiger partial charge in [0.05, 0.1) is 0 Å². The summed E-state index contributed by atoms with van der Waals surface area (Å²) in [5.41, 5.74) is 3.95. The van der Waals surface area contributed by atoms with Gasteiger partial charge >= 0.3 is 24.2 Å². The molecule has 0 radical (unpaired) electrons. The van der Waals surface area contributed by atoms with Crippen LogP contribution < -0.4 is 10.6 Å². The van der Waals surface area contributed by atoms with E-state index < -0.39 is 29.9 Å². The smallest absolute Gasteiger partial charge is 0.373 e. The molecule has 2 amide bonds. The van der Waals surface area contributed by atoms with Gasteiger partial charge in [-0.1, -0.05) is 167 Å². The number of hydrogen-bond donors (Lipinski definition) is 2. The van der Waals surface area contributed by atoms with E-state index in [9.17, 15) is 24.0 Å². The maximum absolute atomic E-state index is 14.1. The number of ether oxygens (including phenoxy) is 2. The Labute approximate surface area is 388 Å². The highest BCUT2D eigenvalue weighted by Crippen LogP contribution is 2.22. The Morgan fingerprint density at radius 2 is 1.00 bits per heavy atom. The van der Waals surface area contributed by atoms with Gasteiger partial charge in [-0.05, 0) is 66.7 Å². The van der Waals surface area contributed by atoms with E-state index >= 15 is 0 Å². The summed E-state index contributed by atoms with van der Waals surface area (Å²) in [6.45, 7) is 2.21. The van der Waals surface area contributed by atoms with Crippen molar-refractivity contribution >= 4 is 41.8 Å². The Morgan fingerprint density at radius 1 is 0.515 bits per heavy atom. The summed E-state index contributed by atoms with van der Waals surface area (Å²) in [5, 5.41) is 5.58. The SMILES string of the molecule is CCCCCCCCCC(=O)NC(CC(=O)CC(CCCc1ccccc1)Cc1ccccc1)C(=O)NC(CCC(=O)OCc1ccccc1)C(=O)OCc1ccccc1.O=C=O.O=C=O. The number of hydrogen-bond acceptors (Lipinski definition) is 11. The lowest BCUT2D eigenvalue weighted by Gasteiger charge is -2.23. The fourth-order valence-electron chi connectivity index (χ4n) is 7.24. The van der Waals surface area contributed by atoms with Crippen LogP contribution in [0.25, 0.3) is 0 Å². The normalized spacial score (nSPS) is 11.5. The second-order valence-electron chi connectivity index (χ2n) is 15.9. The molecule has 66 heavy (non-hydrogen) atoms. The maximum atomic E-state index is 14.1. The lowest BCUT2D eigenvalue weighted by molar-refractivity contribution is -0.193. The van der Waals surface area contributed by atoms with Crippen LogP contribution in [0.2, 0.25) is 0 Å². The summed E-state index contributed by atoms with van der Waals surface area (Å²) in [4.78, 5) is 100. The zero-order valence-corrected chi connectivity index (χ0v) is 38.0. The second kappa shape index (κ2) is 35.5. The zero-order chi connectivity index (χ0) is 48.0. The van der Waals surface area contributed by atoms with Crippen LogP contribution in [0.1, 0.15) is 119 Å². The highest BCUT2D eigenvalue weighted by molar-refractivity contribution is 5.94. The summed E-state index contributed by atoms with van der Waals surface area (Å²) in [6.07, 6.45) is 11.0. The predicted octanol–water partition coefficient (Wildman–Crippen LogP) is 8.43. The van der Waals surface area contributed by atoms with Crippen molar-refractivity contribution in [3.8, 4) is 0 Å². The number of amides is 2. The number of carbonyl (C=O) groups excluding carboxylic acids is 9. The molecular formula is C53H64N2O11. The highest BCUT2D eigenvalue weighted by atomic mass is 16.5. The van der Waals surface area contributed by atoms with Crippen LogP contribution in [0.4, 0.5) is 0 Å². The van der Waals surface area contributed by atoms with Crippen molar-refractivity contribution in [2.45, 2.75) is 135 Å². The summed E-state index contributed by atoms with van der Waals surface area (Å²) >= 11 is 0. The van der Waals surface area contributed by atoms with Gasteiger partial charge in [0.2, 0.25) is 11.8 Å². The van der Waals surface area contributed by atoms with Gasteiger partial charge in [-0.25, -0.2) is 4.79 Å². The molecular weight excluding hydrogens is 841 g/mol. The summed E-state index contributed by atoms with van der Waals surface area (Å²) in [7, 11) is 0. The van der Waals surface area contributed by atoms with Crippen molar-refractivity contribution in [2.75, 3.05) is 0 Å². The number of nitrogens with one attached hydrogen (secondary N) is 2. The number of esters is 2. The van der Waals surface area contributed by atoms with Crippen molar-refractivity contribution in [1.82, 2.24) is 10.6 Å². The molecule has 0 aliphatic rings. The molecule has 0 fully saturated rings. The average molecular weight is 905 g/mol. The molecule has 4 rings (SSSR count). The fourth-order valence-corrected chi connectivity index (χ4v) is 7.24. The predicted molar refractivity (Wildman–Crippen MR) is 245 cm³/mol. The first kappa shape index (κ1) is 55.3. The number of aryl methyl sites for hydroxylation is 1. The van der Waals surface area contributed by atoms with E-state index in [1.807, 2.05) is 97.1 Å². The molecule has 0 heterocycles. The first-order valence-electron chi connectivity index (χ1n) is 22.7. The lowest BCUT2D eigenvalue weighted by Crippen LogP contribution is -2.52. The van der Waals surface area contributed by atoms with Gasteiger partial charge in [-0.3, -0.25) is 19.2 Å². The van der Waals surface area contributed by atoms with Crippen molar-refractivity contribution in [3.05, 3.63) is 144 Å². The molecule has 352 valence electrons. The van der Waals surface area contributed by atoms with Crippen molar-refractivity contribution in [3.63, 3.8) is 0 Å². The molecule has 0 aromatic heterocycles. The fraction of sp³-hybridized carbons (Fsp3) is 0.415. The molecule has 0 saturated carbocycles. The van der Waals surface area contributed by atoms with E-state index in [0.717, 1.165) is 61.6 Å². The van der Waals surface area contributed by atoms with Crippen molar-refractivity contribution in [1.29, 1.82) is 0 Å². The average Bonchev–Trinajstić information content (AvgIpc) is 3.32. The third kappa shape index (κ3) is 26.1. The molecule has 0 aliphatic heterocycles. The van der Waals surface area contributed by atoms with E-state index in [0.29, 0.717) is 12.8 Å². The molecule has 3 unspecified atom stereocenters. The number of benzene rings is 4. The van der Waals surface area contributed by atoms with Crippen LogP contribution in [-0.4, -0.2) is 53.9 Å². The minimum absolute atomic E-state index is 0.0262. The second-order valence-corrected chi connectivity index (χ2v) is 15.9. The number of carbonyl (C=O) groups is 5. The van der Waals surface area contributed by atoms with E-state index in [1.165, 1.54) is 18.4 Å². The van der Waals surface area contributed by atoms with Gasteiger partial charge in [-0.2, -0.15) is 19.2 Å². The van der Waals surface area contributed by atoms with Crippen LogP contribution in [0.5, 0.6) is 0 Å². The minimum atomic E-state index is -1.23. The number of rotatable bonds is 29. The Balaban J connectivity index is 0.00000236. The molecule has 0 spiro atoms. The molecule has 3 atom stereocenters. The van der Waals surface area contributed by atoms with Gasteiger partial charge in [0.15, 0.2) is 0 Å². The summed E-state index contributed by atoms with van der Waals surface area (Å²) in [5.74, 6) is -2.41. The van der Waals surface area contributed by atoms with Crippen molar-refractivity contribution in [2.24, 2.45) is 5.92 Å². The highest BCUT2D eigenvalue weighted by Gasteiger charge is 2.30. The number of Topliss-reactive ketones (excluding diaryl/α,β-unsaturated/α-hetero) is 1. The van der Waals surface area contributed by atoms with Crippen LogP contribution in [0.15, 0.2) is 121 Å². The topological polar surface area (TPSA) is 196 Å². The molecule has 2 N–H and O–H groups in total. The number of ketones is 1. The lowest BCUT2D eigenvalue weighted by atomic mass is 9.87. The molecule has 4 aromatic rings. The Bertz CT molecular complexity index is 2020. The third-order valence-corrected chi connectivity index (χ3v) is 10.6. The minimum Gasteiger partial charge on any atom is -0.461 e. The molecule has 13 heteroatoms. The summed E-state index contributed by atoms with van der Waals surface area (Å²) < 4.78 is 11.1. The Hall–Kier alpha value is -6.81. The first-order valence-corrected chi connectivity index (χ1v) is 22.7. The Kier molecular flexibility index (Phi) is 29.8. The van der Waals surface area contributed by atoms with E-state index in [2.05, 4.69) is 41.8 Å². The van der Waals surface area contributed by atoms with E-state index in [1.54, 1.807) is 0 Å². The quantitative estimate of drug-likeness (QED) is 0.0392. The molecule has 13 nitrogen and oxygen atoms in total. The van der Waals surface area contributed by atoms with Gasteiger partial charge in [0, 0.05) is 25.7 Å². The van der Waals surface area contributed by atoms with Crippen LogP contribution in [-0.2, 0) is 78.7 Å². The van der Waals surface area contributed by atoms with E-state index in [4.69, 9.17) is 28.7 Å².